The number of rotatable bonds is 5. The molecule has 1 aromatic rings. The van der Waals surface area contributed by atoms with Crippen molar-refractivity contribution in [2.24, 2.45) is 5.92 Å². The fourth-order valence-corrected chi connectivity index (χ4v) is 3.55. The molecule has 1 saturated carbocycles. The number of piperazine rings is 1. The molecule has 5 heteroatoms. The van der Waals surface area contributed by atoms with Crippen molar-refractivity contribution in [3.05, 3.63) is 35.4 Å². The first-order chi connectivity index (χ1) is 12.7. The minimum atomic E-state index is -0.505. The second kappa shape index (κ2) is 8.01. The Morgan fingerprint density at radius 1 is 1.07 bits per heavy atom. The van der Waals surface area contributed by atoms with Crippen LogP contribution in [0.4, 0.5) is 0 Å². The van der Waals surface area contributed by atoms with Crippen LogP contribution in [0.1, 0.15) is 56.5 Å². The van der Waals surface area contributed by atoms with Crippen LogP contribution in [0.25, 0.3) is 0 Å². The maximum Gasteiger partial charge on any atom is 0.251 e. The van der Waals surface area contributed by atoms with Crippen molar-refractivity contribution in [2.45, 2.75) is 52.0 Å². The van der Waals surface area contributed by atoms with Crippen LogP contribution in [0.3, 0.4) is 0 Å². The van der Waals surface area contributed by atoms with Gasteiger partial charge in [0, 0.05) is 38.3 Å². The molecule has 1 saturated heterocycles. The van der Waals surface area contributed by atoms with Gasteiger partial charge in [0.05, 0.1) is 0 Å². The Labute approximate surface area is 163 Å². The summed E-state index contributed by atoms with van der Waals surface area (Å²) in [6.07, 6.45) is 2.72. The molecule has 3 rings (SSSR count). The van der Waals surface area contributed by atoms with Crippen LogP contribution in [-0.4, -0.2) is 60.4 Å². The van der Waals surface area contributed by atoms with E-state index in [4.69, 9.17) is 0 Å². The van der Waals surface area contributed by atoms with E-state index in [1.54, 1.807) is 6.92 Å². The highest BCUT2D eigenvalue weighted by molar-refractivity contribution is 5.97. The zero-order valence-corrected chi connectivity index (χ0v) is 17.1. The van der Waals surface area contributed by atoms with Gasteiger partial charge in [0.25, 0.3) is 5.91 Å². The van der Waals surface area contributed by atoms with Crippen LogP contribution in [0, 0.1) is 5.92 Å². The van der Waals surface area contributed by atoms with Crippen LogP contribution >= 0.6 is 0 Å². The molecular weight excluding hydrogens is 338 g/mol. The third kappa shape index (κ3) is 5.32. The molecule has 5 nitrogen and oxygen atoms in total. The number of carbonyl (C=O) groups excluding carboxylic acids is 2. The lowest BCUT2D eigenvalue weighted by atomic mass is 9.86. The van der Waals surface area contributed by atoms with E-state index in [0.29, 0.717) is 5.56 Å². The second-order valence-corrected chi connectivity index (χ2v) is 9.09. The monoisotopic (exact) mass is 371 g/mol. The molecule has 0 radical (unpaired) electrons. The number of hydrogen-bond acceptors (Lipinski definition) is 3. The van der Waals surface area contributed by atoms with E-state index in [1.165, 1.54) is 24.9 Å². The van der Waals surface area contributed by atoms with Gasteiger partial charge in [-0.25, -0.2) is 0 Å². The summed E-state index contributed by atoms with van der Waals surface area (Å²) in [7, 11) is 0. The van der Waals surface area contributed by atoms with Gasteiger partial charge in [-0.15, -0.1) is 0 Å². The molecule has 1 aliphatic carbocycles. The van der Waals surface area contributed by atoms with Crippen molar-refractivity contribution < 1.29 is 9.59 Å². The molecule has 27 heavy (non-hydrogen) atoms. The normalized spacial score (nSPS) is 19.6. The zero-order valence-electron chi connectivity index (χ0n) is 17.1. The highest BCUT2D eigenvalue weighted by Crippen LogP contribution is 2.30. The van der Waals surface area contributed by atoms with E-state index in [9.17, 15) is 9.59 Å². The van der Waals surface area contributed by atoms with E-state index < -0.39 is 6.04 Å². The van der Waals surface area contributed by atoms with Gasteiger partial charge in [-0.3, -0.25) is 14.5 Å². The summed E-state index contributed by atoms with van der Waals surface area (Å²) in [5.74, 6) is 0.708. The average Bonchev–Trinajstić information content (AvgIpc) is 3.45. The van der Waals surface area contributed by atoms with Crippen LogP contribution in [-0.2, 0) is 10.2 Å². The average molecular weight is 372 g/mol. The molecule has 0 spiro atoms. The summed E-state index contributed by atoms with van der Waals surface area (Å²) in [5.41, 5.74) is 1.84. The summed E-state index contributed by atoms with van der Waals surface area (Å²) >= 11 is 0. The Hall–Kier alpha value is -1.88. The first-order valence-electron chi connectivity index (χ1n) is 10.2. The van der Waals surface area contributed by atoms with Gasteiger partial charge in [0.2, 0.25) is 5.91 Å². The summed E-state index contributed by atoms with van der Waals surface area (Å²) in [5, 5.41) is 2.86. The van der Waals surface area contributed by atoms with Gasteiger partial charge in [-0.2, -0.15) is 0 Å². The largest absolute Gasteiger partial charge is 0.341 e. The number of hydrogen-bond donors (Lipinski definition) is 1. The minimum absolute atomic E-state index is 0.0146. The molecule has 2 amide bonds. The molecule has 1 N–H and O–H groups in total. The molecule has 0 bridgehead atoms. The van der Waals surface area contributed by atoms with Crippen molar-refractivity contribution in [1.29, 1.82) is 0 Å². The quantitative estimate of drug-likeness (QED) is 0.866. The Morgan fingerprint density at radius 3 is 2.19 bits per heavy atom. The molecular formula is C22H33N3O2. The minimum Gasteiger partial charge on any atom is -0.341 e. The van der Waals surface area contributed by atoms with Crippen molar-refractivity contribution in [3.8, 4) is 0 Å². The fourth-order valence-electron chi connectivity index (χ4n) is 3.55. The van der Waals surface area contributed by atoms with E-state index in [2.05, 4.69) is 31.0 Å². The lowest BCUT2D eigenvalue weighted by Gasteiger charge is -2.36. The predicted molar refractivity (Wildman–Crippen MR) is 108 cm³/mol. The molecule has 1 aliphatic heterocycles. The highest BCUT2D eigenvalue weighted by Gasteiger charge is 2.29. The third-order valence-electron chi connectivity index (χ3n) is 5.63. The first-order valence-corrected chi connectivity index (χ1v) is 10.2. The van der Waals surface area contributed by atoms with Gasteiger partial charge in [0.1, 0.15) is 6.04 Å². The maximum absolute atomic E-state index is 12.7. The molecule has 1 heterocycles. The Bertz CT molecular complexity index is 666. The van der Waals surface area contributed by atoms with Crippen LogP contribution in [0.2, 0.25) is 0 Å². The molecule has 2 fully saturated rings. The number of nitrogens with one attached hydrogen (secondary N) is 1. The van der Waals surface area contributed by atoms with E-state index in [1.807, 2.05) is 29.2 Å². The summed E-state index contributed by atoms with van der Waals surface area (Å²) in [4.78, 5) is 29.5. The van der Waals surface area contributed by atoms with Crippen molar-refractivity contribution >= 4 is 11.8 Å². The van der Waals surface area contributed by atoms with Crippen LogP contribution < -0.4 is 5.32 Å². The number of benzene rings is 1. The summed E-state index contributed by atoms with van der Waals surface area (Å²) < 4.78 is 0. The van der Waals surface area contributed by atoms with Crippen molar-refractivity contribution in [3.63, 3.8) is 0 Å². The highest BCUT2D eigenvalue weighted by atomic mass is 16.2. The maximum atomic E-state index is 12.7. The topological polar surface area (TPSA) is 52.7 Å². The molecule has 1 atom stereocenters. The third-order valence-corrected chi connectivity index (χ3v) is 5.63. The van der Waals surface area contributed by atoms with Gasteiger partial charge >= 0.3 is 0 Å². The molecule has 148 valence electrons. The summed E-state index contributed by atoms with van der Waals surface area (Å²) in [6.45, 7) is 12.8. The van der Waals surface area contributed by atoms with Gasteiger partial charge < -0.3 is 10.2 Å². The molecule has 2 aliphatic rings. The zero-order chi connectivity index (χ0) is 19.6. The molecule has 0 aromatic heterocycles. The SMILES string of the molecule is CC(NC(=O)c1ccc(C(C)(C)C)cc1)C(=O)N1CCN(CC2CC2)CC1. The van der Waals surface area contributed by atoms with Gasteiger partial charge in [-0.05, 0) is 48.8 Å². The second-order valence-electron chi connectivity index (χ2n) is 9.09. The van der Waals surface area contributed by atoms with Crippen LogP contribution in [0.15, 0.2) is 24.3 Å². The summed E-state index contributed by atoms with van der Waals surface area (Å²) in [6, 6.07) is 7.14. The van der Waals surface area contributed by atoms with E-state index >= 15 is 0 Å². The van der Waals surface area contributed by atoms with Crippen LogP contribution in [0.5, 0.6) is 0 Å². The lowest BCUT2D eigenvalue weighted by Crippen LogP contribution is -2.54. The fraction of sp³-hybridized carbons (Fsp3) is 0.636. The van der Waals surface area contributed by atoms with Crippen molar-refractivity contribution in [2.75, 3.05) is 32.7 Å². The van der Waals surface area contributed by atoms with Gasteiger partial charge in [-0.1, -0.05) is 32.9 Å². The van der Waals surface area contributed by atoms with Gasteiger partial charge in [0.15, 0.2) is 0 Å². The lowest BCUT2D eigenvalue weighted by molar-refractivity contribution is -0.134. The number of carbonyl (C=O) groups is 2. The Morgan fingerprint density at radius 2 is 1.67 bits per heavy atom. The Kier molecular flexibility index (Phi) is 5.89. The smallest absolute Gasteiger partial charge is 0.251 e. The Balaban J connectivity index is 1.49. The molecule has 1 aromatic carbocycles. The van der Waals surface area contributed by atoms with E-state index in [0.717, 1.165) is 32.1 Å². The predicted octanol–water partition coefficient (Wildman–Crippen LogP) is 2.66. The van der Waals surface area contributed by atoms with Crippen molar-refractivity contribution in [1.82, 2.24) is 15.1 Å². The number of nitrogens with zero attached hydrogens (tertiary/aromatic N) is 2. The van der Waals surface area contributed by atoms with E-state index in [-0.39, 0.29) is 17.2 Å². The first kappa shape index (κ1) is 19.9. The number of amides is 2. The molecule has 1 unspecified atom stereocenters. The standard InChI is InChI=1S/C22H33N3O2/c1-16(21(27)25-13-11-24(12-14-25)15-17-5-6-17)23-20(26)18-7-9-19(10-8-18)22(2,3)4/h7-10,16-17H,5-6,11-15H2,1-4H3,(H,23,26).